The van der Waals surface area contributed by atoms with Crippen molar-refractivity contribution in [2.75, 3.05) is 47.0 Å². The van der Waals surface area contributed by atoms with E-state index in [1.54, 1.807) is 20.3 Å². The molecule has 0 saturated carbocycles. The average Bonchev–Trinajstić information content (AvgIpc) is 2.59. The van der Waals surface area contributed by atoms with Gasteiger partial charge in [0.1, 0.15) is 0 Å². The van der Waals surface area contributed by atoms with Crippen molar-refractivity contribution in [1.82, 2.24) is 10.2 Å². The molecule has 0 amide bonds. The lowest BCUT2D eigenvalue weighted by Crippen LogP contribution is -2.40. The molecule has 1 fully saturated rings. The van der Waals surface area contributed by atoms with Crippen molar-refractivity contribution in [3.05, 3.63) is 22.7 Å². The number of aliphatic hydroxyl groups is 1. The fraction of sp³-hybridized carbons (Fsp3) is 0.647. The first-order valence-electron chi connectivity index (χ1n) is 8.12. The molecule has 1 unspecified atom stereocenters. The van der Waals surface area contributed by atoms with Crippen molar-refractivity contribution in [3.63, 3.8) is 0 Å². The molecular weight excluding hydrogens is 316 g/mol. The van der Waals surface area contributed by atoms with Gasteiger partial charge in [-0.15, -0.1) is 0 Å². The molecule has 1 aromatic carbocycles. The Hall–Kier alpha value is -1.01. The molecule has 1 aliphatic rings. The van der Waals surface area contributed by atoms with Gasteiger partial charge in [-0.3, -0.25) is 0 Å². The quantitative estimate of drug-likeness (QED) is 0.709. The second-order valence-corrected chi connectivity index (χ2v) is 6.37. The Kier molecular flexibility index (Phi) is 7.43. The van der Waals surface area contributed by atoms with Crippen LogP contribution in [0.4, 0.5) is 0 Å². The number of likely N-dealkylation sites (tertiary alicyclic amines) is 1. The zero-order valence-corrected chi connectivity index (χ0v) is 14.7. The number of benzene rings is 1. The maximum atomic E-state index is 9.27. The molecule has 1 aromatic rings. The monoisotopic (exact) mass is 342 g/mol. The van der Waals surface area contributed by atoms with Crippen molar-refractivity contribution < 1.29 is 14.6 Å². The molecule has 1 aliphatic heterocycles. The Morgan fingerprint density at radius 1 is 1.30 bits per heavy atom. The minimum atomic E-state index is 0.297. The third kappa shape index (κ3) is 5.24. The summed E-state index contributed by atoms with van der Waals surface area (Å²) < 4.78 is 10.6. The lowest BCUT2D eigenvalue weighted by molar-refractivity contribution is 0.121. The minimum absolute atomic E-state index is 0.297. The number of methoxy groups -OCH3 is 2. The van der Waals surface area contributed by atoms with Gasteiger partial charge in [-0.1, -0.05) is 11.6 Å². The smallest absolute Gasteiger partial charge is 0.162 e. The number of aliphatic hydroxyl groups excluding tert-OH is 1. The van der Waals surface area contributed by atoms with Crippen LogP contribution in [0.2, 0.25) is 5.02 Å². The Balaban J connectivity index is 1.80. The van der Waals surface area contributed by atoms with Gasteiger partial charge >= 0.3 is 0 Å². The van der Waals surface area contributed by atoms with Gasteiger partial charge in [0.15, 0.2) is 11.5 Å². The third-order valence-electron chi connectivity index (χ3n) is 4.33. The molecule has 0 bridgehead atoms. The van der Waals surface area contributed by atoms with E-state index >= 15 is 0 Å². The lowest BCUT2D eigenvalue weighted by atomic mass is 9.99. The largest absolute Gasteiger partial charge is 0.493 e. The molecule has 1 saturated heterocycles. The molecule has 2 rings (SSSR count). The SMILES string of the molecule is COc1cc(Cl)c(CNCCN2CCCC(CO)C2)cc1OC. The first-order valence-corrected chi connectivity index (χ1v) is 8.50. The second-order valence-electron chi connectivity index (χ2n) is 5.97. The van der Waals surface area contributed by atoms with Crippen molar-refractivity contribution in [2.45, 2.75) is 19.4 Å². The zero-order chi connectivity index (χ0) is 16.7. The number of nitrogens with zero attached hydrogens (tertiary/aromatic N) is 1. The van der Waals surface area contributed by atoms with E-state index < -0.39 is 0 Å². The highest BCUT2D eigenvalue weighted by Gasteiger charge is 2.18. The summed E-state index contributed by atoms with van der Waals surface area (Å²) >= 11 is 6.29. The molecule has 0 aliphatic carbocycles. The highest BCUT2D eigenvalue weighted by molar-refractivity contribution is 6.31. The van der Waals surface area contributed by atoms with Crippen LogP contribution in [0.25, 0.3) is 0 Å². The Morgan fingerprint density at radius 3 is 2.74 bits per heavy atom. The van der Waals surface area contributed by atoms with Crippen LogP contribution >= 0.6 is 11.6 Å². The Bertz CT molecular complexity index is 499. The maximum Gasteiger partial charge on any atom is 0.162 e. The molecule has 130 valence electrons. The van der Waals surface area contributed by atoms with Gasteiger partial charge in [0.2, 0.25) is 0 Å². The Labute approximate surface area is 143 Å². The summed E-state index contributed by atoms with van der Waals surface area (Å²) in [4.78, 5) is 2.41. The number of halogens is 1. The summed E-state index contributed by atoms with van der Waals surface area (Å²) in [6.45, 7) is 4.98. The maximum absolute atomic E-state index is 9.27. The Morgan fingerprint density at radius 2 is 2.04 bits per heavy atom. The summed E-state index contributed by atoms with van der Waals surface area (Å²) in [6.07, 6.45) is 2.31. The van der Waals surface area contributed by atoms with Gasteiger partial charge in [-0.25, -0.2) is 0 Å². The molecule has 0 radical (unpaired) electrons. The number of nitrogens with one attached hydrogen (secondary N) is 1. The van der Waals surface area contributed by atoms with Crippen LogP contribution in [0.3, 0.4) is 0 Å². The van der Waals surface area contributed by atoms with Crippen molar-refractivity contribution >= 4 is 11.6 Å². The highest BCUT2D eigenvalue weighted by atomic mass is 35.5. The summed E-state index contributed by atoms with van der Waals surface area (Å²) in [5, 5.41) is 13.4. The fourth-order valence-corrected chi connectivity index (χ4v) is 3.22. The van der Waals surface area contributed by atoms with Crippen LogP contribution in [0, 0.1) is 5.92 Å². The van der Waals surface area contributed by atoms with Crippen LogP contribution in [0.5, 0.6) is 11.5 Å². The van der Waals surface area contributed by atoms with Gasteiger partial charge < -0.3 is 24.8 Å². The second kappa shape index (κ2) is 9.33. The van der Waals surface area contributed by atoms with Gasteiger partial charge in [-0.05, 0) is 36.9 Å². The van der Waals surface area contributed by atoms with E-state index in [1.165, 1.54) is 6.42 Å². The number of hydrogen-bond donors (Lipinski definition) is 2. The molecule has 5 nitrogen and oxygen atoms in total. The molecule has 1 atom stereocenters. The van der Waals surface area contributed by atoms with Crippen molar-refractivity contribution in [2.24, 2.45) is 5.92 Å². The third-order valence-corrected chi connectivity index (χ3v) is 4.69. The summed E-state index contributed by atoms with van der Waals surface area (Å²) in [5.41, 5.74) is 0.996. The molecule has 0 spiro atoms. The first kappa shape index (κ1) is 18.3. The van der Waals surface area contributed by atoms with Crippen LogP contribution in [-0.2, 0) is 6.54 Å². The molecule has 6 heteroatoms. The van der Waals surface area contributed by atoms with Crippen LogP contribution < -0.4 is 14.8 Å². The number of piperidine rings is 1. The molecule has 23 heavy (non-hydrogen) atoms. The summed E-state index contributed by atoms with van der Waals surface area (Å²) in [5.74, 6) is 1.77. The van der Waals surface area contributed by atoms with E-state index in [-0.39, 0.29) is 0 Å². The fourth-order valence-electron chi connectivity index (χ4n) is 3.00. The van der Waals surface area contributed by atoms with Crippen LogP contribution in [0.1, 0.15) is 18.4 Å². The summed E-state index contributed by atoms with van der Waals surface area (Å²) in [6, 6.07) is 3.70. The molecule has 0 aromatic heterocycles. The van der Waals surface area contributed by atoms with Gasteiger partial charge in [-0.2, -0.15) is 0 Å². The van der Waals surface area contributed by atoms with E-state index in [0.29, 0.717) is 35.6 Å². The molecular formula is C17H27ClN2O3. The predicted octanol–water partition coefficient (Wildman–Crippen LogP) is 2.15. The molecule has 2 N–H and O–H groups in total. The van der Waals surface area contributed by atoms with Crippen molar-refractivity contribution in [1.29, 1.82) is 0 Å². The summed E-state index contributed by atoms with van der Waals surface area (Å²) in [7, 11) is 3.22. The van der Waals surface area contributed by atoms with Crippen LogP contribution in [-0.4, -0.2) is 57.0 Å². The standard InChI is InChI=1S/C17H27ClN2O3/c1-22-16-8-14(15(18)9-17(16)23-2)10-19-5-7-20-6-3-4-13(11-20)12-21/h8-9,13,19,21H,3-7,10-12H2,1-2H3. The van der Waals surface area contributed by atoms with Crippen molar-refractivity contribution in [3.8, 4) is 11.5 Å². The van der Waals surface area contributed by atoms with Gasteiger partial charge in [0, 0.05) is 43.9 Å². The average molecular weight is 343 g/mol. The number of hydrogen-bond acceptors (Lipinski definition) is 5. The zero-order valence-electron chi connectivity index (χ0n) is 14.0. The number of rotatable bonds is 8. The van der Waals surface area contributed by atoms with E-state index in [4.69, 9.17) is 21.1 Å². The topological polar surface area (TPSA) is 54.0 Å². The van der Waals surface area contributed by atoms with E-state index in [1.807, 2.05) is 6.07 Å². The van der Waals surface area contributed by atoms with Gasteiger partial charge in [0.05, 0.1) is 14.2 Å². The number of ether oxygens (including phenoxy) is 2. The van der Waals surface area contributed by atoms with Gasteiger partial charge in [0.25, 0.3) is 0 Å². The van der Waals surface area contributed by atoms with E-state index in [0.717, 1.165) is 38.2 Å². The van der Waals surface area contributed by atoms with Crippen LogP contribution in [0.15, 0.2) is 12.1 Å². The van der Waals surface area contributed by atoms with E-state index in [9.17, 15) is 5.11 Å². The normalized spacial score (nSPS) is 18.9. The predicted molar refractivity (Wildman–Crippen MR) is 92.5 cm³/mol. The van der Waals surface area contributed by atoms with E-state index in [2.05, 4.69) is 10.2 Å². The highest BCUT2D eigenvalue weighted by Crippen LogP contribution is 2.32. The molecule has 1 heterocycles. The lowest BCUT2D eigenvalue weighted by Gasteiger charge is -2.31. The first-order chi connectivity index (χ1) is 11.2. The minimum Gasteiger partial charge on any atom is -0.493 e.